The summed E-state index contributed by atoms with van der Waals surface area (Å²) in [5, 5.41) is 6.77. The van der Waals surface area contributed by atoms with E-state index in [1.165, 1.54) is 16.7 Å². The quantitative estimate of drug-likeness (QED) is 0.331. The van der Waals surface area contributed by atoms with Crippen LogP contribution in [0.5, 0.6) is 5.75 Å². The maximum atomic E-state index is 5.48. The largest absolute Gasteiger partial charge is 0.496 e. The molecule has 0 amide bonds. The fourth-order valence-electron chi connectivity index (χ4n) is 3.44. The van der Waals surface area contributed by atoms with Crippen molar-refractivity contribution in [3.05, 3.63) is 64.7 Å². The highest BCUT2D eigenvalue weighted by molar-refractivity contribution is 14.0. The molecule has 0 unspecified atom stereocenters. The fraction of sp³-hybridized carbons (Fsp3) is 0.435. The van der Waals surface area contributed by atoms with Gasteiger partial charge in [0, 0.05) is 45.3 Å². The fourth-order valence-corrected chi connectivity index (χ4v) is 3.44. The number of rotatable bonds is 7. The zero-order chi connectivity index (χ0) is 20.5. The van der Waals surface area contributed by atoms with Gasteiger partial charge in [-0.15, -0.1) is 24.0 Å². The first-order chi connectivity index (χ1) is 14.2. The molecule has 30 heavy (non-hydrogen) atoms. The number of benzene rings is 2. The average molecular weight is 524 g/mol. The summed E-state index contributed by atoms with van der Waals surface area (Å²) in [7, 11) is 3.49. The van der Waals surface area contributed by atoms with Crippen molar-refractivity contribution in [1.82, 2.24) is 15.5 Å². The molecule has 1 fully saturated rings. The Morgan fingerprint density at radius 1 is 1.07 bits per heavy atom. The molecule has 0 spiro atoms. The van der Waals surface area contributed by atoms with E-state index in [4.69, 9.17) is 9.47 Å². The van der Waals surface area contributed by atoms with Gasteiger partial charge in [0.1, 0.15) is 5.75 Å². The SMILES string of the molecule is CN=C(NCc1cccc(CN2CCOCC2)c1)NCc1ccc(C)cc1OC.I. The van der Waals surface area contributed by atoms with Crippen LogP contribution in [-0.4, -0.2) is 51.3 Å². The van der Waals surface area contributed by atoms with E-state index < -0.39 is 0 Å². The molecule has 0 bridgehead atoms. The van der Waals surface area contributed by atoms with Gasteiger partial charge in [0.2, 0.25) is 0 Å². The van der Waals surface area contributed by atoms with Crippen LogP contribution in [0.1, 0.15) is 22.3 Å². The first-order valence-corrected chi connectivity index (χ1v) is 10.1. The number of hydrogen-bond acceptors (Lipinski definition) is 4. The van der Waals surface area contributed by atoms with Crippen LogP contribution in [0.4, 0.5) is 0 Å². The number of nitrogens with zero attached hydrogens (tertiary/aromatic N) is 2. The Morgan fingerprint density at radius 2 is 1.80 bits per heavy atom. The molecule has 1 saturated heterocycles. The van der Waals surface area contributed by atoms with Gasteiger partial charge in [0.15, 0.2) is 5.96 Å². The number of methoxy groups -OCH3 is 1. The van der Waals surface area contributed by atoms with E-state index in [2.05, 4.69) is 63.8 Å². The summed E-state index contributed by atoms with van der Waals surface area (Å²) in [5.74, 6) is 1.66. The van der Waals surface area contributed by atoms with Crippen molar-refractivity contribution >= 4 is 29.9 Å². The normalized spacial score (nSPS) is 14.7. The Hall–Kier alpha value is -1.84. The van der Waals surface area contributed by atoms with Crippen LogP contribution in [-0.2, 0) is 24.4 Å². The van der Waals surface area contributed by atoms with E-state index in [0.717, 1.165) is 56.7 Å². The molecule has 0 aliphatic carbocycles. The molecular weight excluding hydrogens is 491 g/mol. The monoisotopic (exact) mass is 524 g/mol. The highest BCUT2D eigenvalue weighted by Gasteiger charge is 2.11. The number of hydrogen-bond donors (Lipinski definition) is 2. The second-order valence-electron chi connectivity index (χ2n) is 7.30. The summed E-state index contributed by atoms with van der Waals surface area (Å²) in [6, 6.07) is 15.0. The minimum absolute atomic E-state index is 0. The van der Waals surface area contributed by atoms with Gasteiger partial charge < -0.3 is 20.1 Å². The molecule has 0 radical (unpaired) electrons. The number of morpholine rings is 1. The molecule has 3 rings (SSSR count). The summed E-state index contributed by atoms with van der Waals surface area (Å²) < 4.78 is 10.9. The second-order valence-corrected chi connectivity index (χ2v) is 7.30. The van der Waals surface area contributed by atoms with Crippen LogP contribution in [0.25, 0.3) is 0 Å². The van der Waals surface area contributed by atoms with Crippen molar-refractivity contribution in [2.75, 3.05) is 40.5 Å². The standard InChI is InChI=1S/C23H32N4O2.HI/c1-18-7-8-21(22(13-18)28-3)16-26-23(24-2)25-15-19-5-4-6-20(14-19)17-27-9-11-29-12-10-27;/h4-8,13-14H,9-12,15-17H2,1-3H3,(H2,24,25,26);1H. The molecule has 2 N–H and O–H groups in total. The lowest BCUT2D eigenvalue weighted by Crippen LogP contribution is -2.36. The lowest BCUT2D eigenvalue weighted by molar-refractivity contribution is 0.0342. The molecule has 1 aliphatic heterocycles. The smallest absolute Gasteiger partial charge is 0.191 e. The Balaban J connectivity index is 0.00000320. The number of nitrogens with one attached hydrogen (secondary N) is 2. The van der Waals surface area contributed by atoms with Crippen molar-refractivity contribution < 1.29 is 9.47 Å². The van der Waals surface area contributed by atoms with Gasteiger partial charge in [-0.1, -0.05) is 36.4 Å². The van der Waals surface area contributed by atoms with E-state index in [-0.39, 0.29) is 24.0 Å². The molecule has 164 valence electrons. The summed E-state index contributed by atoms with van der Waals surface area (Å²) in [6.45, 7) is 8.07. The van der Waals surface area contributed by atoms with E-state index in [9.17, 15) is 0 Å². The van der Waals surface area contributed by atoms with Crippen LogP contribution in [0.15, 0.2) is 47.5 Å². The zero-order valence-electron chi connectivity index (χ0n) is 18.1. The Kier molecular flexibility index (Phi) is 10.4. The Morgan fingerprint density at radius 3 is 2.53 bits per heavy atom. The van der Waals surface area contributed by atoms with Crippen molar-refractivity contribution in [1.29, 1.82) is 0 Å². The molecular formula is C23H33IN4O2. The average Bonchev–Trinajstić information content (AvgIpc) is 2.75. The van der Waals surface area contributed by atoms with E-state index in [1.54, 1.807) is 14.2 Å². The summed E-state index contributed by atoms with van der Waals surface area (Å²) >= 11 is 0. The highest BCUT2D eigenvalue weighted by Crippen LogP contribution is 2.19. The third-order valence-electron chi connectivity index (χ3n) is 5.07. The predicted octanol–water partition coefficient (Wildman–Crippen LogP) is 3.32. The predicted molar refractivity (Wildman–Crippen MR) is 133 cm³/mol. The zero-order valence-corrected chi connectivity index (χ0v) is 20.4. The third kappa shape index (κ3) is 7.45. The van der Waals surface area contributed by atoms with Crippen LogP contribution >= 0.6 is 24.0 Å². The molecule has 0 saturated carbocycles. The highest BCUT2D eigenvalue weighted by atomic mass is 127. The number of ether oxygens (including phenoxy) is 2. The third-order valence-corrected chi connectivity index (χ3v) is 5.07. The van der Waals surface area contributed by atoms with E-state index in [1.807, 2.05) is 6.07 Å². The van der Waals surface area contributed by atoms with Crippen molar-refractivity contribution in [3.63, 3.8) is 0 Å². The number of guanidine groups is 1. The van der Waals surface area contributed by atoms with Gasteiger partial charge in [0.05, 0.1) is 20.3 Å². The van der Waals surface area contributed by atoms with Crippen molar-refractivity contribution in [2.24, 2.45) is 4.99 Å². The minimum atomic E-state index is 0. The van der Waals surface area contributed by atoms with Crippen LogP contribution in [0.2, 0.25) is 0 Å². The Bertz CT molecular complexity index is 823. The number of halogens is 1. The Labute approximate surface area is 197 Å². The maximum absolute atomic E-state index is 5.48. The first-order valence-electron chi connectivity index (χ1n) is 10.1. The van der Waals surface area contributed by atoms with Gasteiger partial charge in [-0.3, -0.25) is 9.89 Å². The number of aliphatic imine (C=N–C) groups is 1. The van der Waals surface area contributed by atoms with Crippen molar-refractivity contribution in [3.8, 4) is 5.75 Å². The van der Waals surface area contributed by atoms with Gasteiger partial charge >= 0.3 is 0 Å². The molecule has 7 heteroatoms. The van der Waals surface area contributed by atoms with Crippen LogP contribution in [0.3, 0.4) is 0 Å². The molecule has 0 atom stereocenters. The second kappa shape index (κ2) is 12.8. The van der Waals surface area contributed by atoms with E-state index >= 15 is 0 Å². The molecule has 2 aromatic carbocycles. The molecule has 2 aromatic rings. The molecule has 1 heterocycles. The summed E-state index contributed by atoms with van der Waals surface area (Å²) in [4.78, 5) is 6.77. The van der Waals surface area contributed by atoms with Crippen LogP contribution in [0, 0.1) is 6.92 Å². The van der Waals surface area contributed by atoms with Gasteiger partial charge in [-0.2, -0.15) is 0 Å². The lowest BCUT2D eigenvalue weighted by atomic mass is 10.1. The summed E-state index contributed by atoms with van der Waals surface area (Å²) in [6.07, 6.45) is 0. The first kappa shape index (κ1) is 24.4. The molecule has 0 aromatic heterocycles. The van der Waals surface area contributed by atoms with Gasteiger partial charge in [-0.05, 0) is 29.7 Å². The molecule has 6 nitrogen and oxygen atoms in total. The molecule has 1 aliphatic rings. The van der Waals surface area contributed by atoms with Crippen molar-refractivity contribution in [2.45, 2.75) is 26.6 Å². The maximum Gasteiger partial charge on any atom is 0.191 e. The summed E-state index contributed by atoms with van der Waals surface area (Å²) in [5.41, 5.74) is 4.86. The topological polar surface area (TPSA) is 58.1 Å². The van der Waals surface area contributed by atoms with E-state index in [0.29, 0.717) is 6.54 Å². The lowest BCUT2D eigenvalue weighted by Gasteiger charge is -2.26. The minimum Gasteiger partial charge on any atom is -0.496 e. The van der Waals surface area contributed by atoms with Gasteiger partial charge in [-0.25, -0.2) is 0 Å². The van der Waals surface area contributed by atoms with Crippen LogP contribution < -0.4 is 15.4 Å². The van der Waals surface area contributed by atoms with Gasteiger partial charge in [0.25, 0.3) is 0 Å². The number of aryl methyl sites for hydroxylation is 1.